The van der Waals surface area contributed by atoms with E-state index in [9.17, 15) is 4.79 Å². The number of carbonyl (C=O) groups excluding carboxylic acids is 1. The number of unbranched alkanes of at least 4 members (excludes halogenated alkanes) is 1. The molecule has 0 bridgehead atoms. The standard InChI is InChI=1S/C13H22IN3O2S/c1-10-9-17(20-14)11(16-10)7-5-6-8-15-12(18)19-13(2,3)4/h9H,5-8H2,1-4H3,(H,15,18). The molecule has 0 aliphatic rings. The van der Waals surface area contributed by atoms with Crippen LogP contribution >= 0.6 is 30.3 Å². The van der Waals surface area contributed by atoms with Gasteiger partial charge in [-0.05, 0) is 40.5 Å². The van der Waals surface area contributed by atoms with E-state index in [1.807, 2.05) is 33.9 Å². The highest BCUT2D eigenvalue weighted by Crippen LogP contribution is 2.20. The summed E-state index contributed by atoms with van der Waals surface area (Å²) in [6.07, 6.45) is 4.50. The number of alkyl carbamates (subject to hydrolysis) is 1. The van der Waals surface area contributed by atoms with Crippen molar-refractivity contribution in [1.29, 1.82) is 0 Å². The molecule has 0 unspecified atom stereocenters. The van der Waals surface area contributed by atoms with Crippen LogP contribution in [0.3, 0.4) is 0 Å². The minimum atomic E-state index is -0.441. The highest BCUT2D eigenvalue weighted by Gasteiger charge is 2.15. The fourth-order valence-corrected chi connectivity index (χ4v) is 3.09. The maximum absolute atomic E-state index is 11.4. The second-order valence-electron chi connectivity index (χ2n) is 5.58. The Hall–Kier alpha value is -0.440. The third kappa shape index (κ3) is 6.83. The van der Waals surface area contributed by atoms with Crippen LogP contribution in [0.15, 0.2) is 6.20 Å². The van der Waals surface area contributed by atoms with Crippen LogP contribution in [0.5, 0.6) is 0 Å². The van der Waals surface area contributed by atoms with Gasteiger partial charge in [0.25, 0.3) is 0 Å². The van der Waals surface area contributed by atoms with Crippen molar-refractivity contribution >= 4 is 36.4 Å². The molecule has 0 saturated heterocycles. The summed E-state index contributed by atoms with van der Waals surface area (Å²) >= 11 is 2.25. The lowest BCUT2D eigenvalue weighted by Gasteiger charge is -2.19. The summed E-state index contributed by atoms with van der Waals surface area (Å²) in [7, 11) is 1.63. The minimum absolute atomic E-state index is 0.349. The lowest BCUT2D eigenvalue weighted by atomic mass is 10.2. The van der Waals surface area contributed by atoms with Crippen LogP contribution in [0.25, 0.3) is 0 Å². The van der Waals surface area contributed by atoms with Crippen molar-refractivity contribution in [2.24, 2.45) is 0 Å². The normalized spacial score (nSPS) is 11.4. The van der Waals surface area contributed by atoms with E-state index in [-0.39, 0.29) is 6.09 Å². The number of amides is 1. The van der Waals surface area contributed by atoms with E-state index in [1.165, 1.54) is 0 Å². The molecular weight excluding hydrogens is 389 g/mol. The summed E-state index contributed by atoms with van der Waals surface area (Å²) in [6, 6.07) is 0. The molecule has 0 aromatic carbocycles. The predicted molar refractivity (Wildman–Crippen MR) is 91.1 cm³/mol. The van der Waals surface area contributed by atoms with Gasteiger partial charge in [0, 0.05) is 49.5 Å². The maximum atomic E-state index is 11.4. The largest absolute Gasteiger partial charge is 0.444 e. The van der Waals surface area contributed by atoms with Crippen LogP contribution in [0.1, 0.15) is 45.1 Å². The summed E-state index contributed by atoms with van der Waals surface area (Å²) in [5.74, 6) is 1.08. The average molecular weight is 411 g/mol. The minimum Gasteiger partial charge on any atom is -0.444 e. The SMILES string of the molecule is Cc1cn(SI)c(CCCCNC(=O)OC(C)(C)C)n1. The van der Waals surface area contributed by atoms with Crippen molar-refractivity contribution in [2.75, 3.05) is 6.54 Å². The average Bonchev–Trinajstić information content (AvgIpc) is 2.67. The molecule has 114 valence electrons. The quantitative estimate of drug-likeness (QED) is 0.570. The topological polar surface area (TPSA) is 56.2 Å². The Morgan fingerprint density at radius 1 is 1.50 bits per heavy atom. The van der Waals surface area contributed by atoms with Crippen LogP contribution in [-0.4, -0.2) is 27.2 Å². The lowest BCUT2D eigenvalue weighted by Crippen LogP contribution is -2.33. The van der Waals surface area contributed by atoms with Crippen molar-refractivity contribution in [1.82, 2.24) is 14.3 Å². The van der Waals surface area contributed by atoms with Gasteiger partial charge in [-0.2, -0.15) is 0 Å². The second kappa shape index (κ2) is 8.11. The molecule has 1 rings (SSSR count). The molecule has 1 aromatic heterocycles. The van der Waals surface area contributed by atoms with Gasteiger partial charge in [-0.25, -0.2) is 9.78 Å². The van der Waals surface area contributed by atoms with Crippen molar-refractivity contribution in [3.05, 3.63) is 17.7 Å². The van der Waals surface area contributed by atoms with Crippen LogP contribution in [0, 0.1) is 6.92 Å². The Morgan fingerprint density at radius 3 is 2.80 bits per heavy atom. The molecule has 1 heterocycles. The fourth-order valence-electron chi connectivity index (χ4n) is 1.66. The smallest absolute Gasteiger partial charge is 0.407 e. The Bertz CT molecular complexity index is 443. The zero-order chi connectivity index (χ0) is 15.2. The first-order valence-corrected chi connectivity index (χ1v) is 9.94. The van der Waals surface area contributed by atoms with E-state index in [0.29, 0.717) is 6.54 Å². The van der Waals surface area contributed by atoms with Gasteiger partial charge >= 0.3 is 6.09 Å². The zero-order valence-electron chi connectivity index (χ0n) is 12.4. The Morgan fingerprint density at radius 2 is 2.20 bits per heavy atom. The van der Waals surface area contributed by atoms with E-state index < -0.39 is 5.60 Å². The number of aromatic nitrogens is 2. The van der Waals surface area contributed by atoms with E-state index >= 15 is 0 Å². The van der Waals surface area contributed by atoms with Gasteiger partial charge in [-0.1, -0.05) is 0 Å². The monoisotopic (exact) mass is 411 g/mol. The Kier molecular flexibility index (Phi) is 7.14. The number of rotatable bonds is 6. The summed E-state index contributed by atoms with van der Waals surface area (Å²) in [5.41, 5.74) is 0.597. The first-order chi connectivity index (χ1) is 9.31. The molecule has 1 N–H and O–H groups in total. The third-order valence-corrected chi connectivity index (χ3v) is 4.17. The van der Waals surface area contributed by atoms with Crippen molar-refractivity contribution in [3.63, 3.8) is 0 Å². The van der Waals surface area contributed by atoms with Gasteiger partial charge in [0.1, 0.15) is 11.4 Å². The van der Waals surface area contributed by atoms with Crippen molar-refractivity contribution in [2.45, 2.75) is 52.6 Å². The molecule has 0 spiro atoms. The van der Waals surface area contributed by atoms with Crippen molar-refractivity contribution < 1.29 is 9.53 Å². The summed E-state index contributed by atoms with van der Waals surface area (Å²) in [5, 5.41) is 2.76. The zero-order valence-corrected chi connectivity index (χ0v) is 15.4. The van der Waals surface area contributed by atoms with Crippen LogP contribution in [0.2, 0.25) is 0 Å². The highest BCUT2D eigenvalue weighted by atomic mass is 127. The molecule has 20 heavy (non-hydrogen) atoms. The maximum Gasteiger partial charge on any atom is 0.407 e. The van der Waals surface area contributed by atoms with Crippen molar-refractivity contribution in [3.8, 4) is 0 Å². The summed E-state index contributed by atoms with van der Waals surface area (Å²) in [6.45, 7) is 8.20. The fraction of sp³-hybridized carbons (Fsp3) is 0.692. The molecule has 0 saturated carbocycles. The van der Waals surface area contributed by atoms with Gasteiger partial charge in [-0.15, -0.1) is 0 Å². The third-order valence-electron chi connectivity index (χ3n) is 2.43. The molecule has 0 aliphatic heterocycles. The first kappa shape index (κ1) is 17.6. The van der Waals surface area contributed by atoms with E-state index in [4.69, 9.17) is 4.74 Å². The lowest BCUT2D eigenvalue weighted by molar-refractivity contribution is 0.0527. The number of carbonyl (C=O) groups is 1. The number of aryl methyl sites for hydroxylation is 2. The van der Waals surface area contributed by atoms with Gasteiger partial charge in [0.2, 0.25) is 0 Å². The number of halogens is 1. The number of nitrogens with one attached hydrogen (secondary N) is 1. The first-order valence-electron chi connectivity index (χ1n) is 6.62. The van der Waals surface area contributed by atoms with Crippen LogP contribution < -0.4 is 5.32 Å². The number of hydrogen-bond acceptors (Lipinski definition) is 4. The van der Waals surface area contributed by atoms with E-state index in [0.717, 1.165) is 30.8 Å². The van der Waals surface area contributed by atoms with Gasteiger partial charge in [0.15, 0.2) is 0 Å². The second-order valence-corrected chi connectivity index (χ2v) is 7.29. The molecule has 0 fully saturated rings. The number of imidazole rings is 1. The Balaban J connectivity index is 2.20. The summed E-state index contributed by atoms with van der Waals surface area (Å²) in [4.78, 5) is 15.9. The molecule has 0 atom stereocenters. The van der Waals surface area contributed by atoms with Gasteiger partial charge < -0.3 is 10.1 Å². The number of hydrogen-bond donors (Lipinski definition) is 1. The Labute approximate surface area is 137 Å². The molecule has 1 amide bonds. The van der Waals surface area contributed by atoms with Crippen LogP contribution in [0.4, 0.5) is 4.79 Å². The predicted octanol–water partition coefficient (Wildman–Crippen LogP) is 3.89. The number of nitrogens with zero attached hydrogens (tertiary/aromatic N) is 2. The molecule has 5 nitrogen and oxygen atoms in total. The summed E-state index contributed by atoms with van der Waals surface area (Å²) < 4.78 is 7.25. The molecule has 1 aromatic rings. The van der Waals surface area contributed by atoms with Gasteiger partial charge in [-0.3, -0.25) is 3.97 Å². The van der Waals surface area contributed by atoms with E-state index in [1.54, 1.807) is 9.12 Å². The molecule has 0 aliphatic carbocycles. The van der Waals surface area contributed by atoms with E-state index in [2.05, 4.69) is 35.5 Å². The molecule has 7 heteroatoms. The molecular formula is C13H22IN3O2S. The highest BCUT2D eigenvalue weighted by molar-refractivity contribution is 14.2. The molecule has 0 radical (unpaired) electrons. The number of ether oxygens (including phenoxy) is 1. The van der Waals surface area contributed by atoms with Crippen LogP contribution in [-0.2, 0) is 11.2 Å². The van der Waals surface area contributed by atoms with Gasteiger partial charge in [0.05, 0.1) is 5.69 Å².